The van der Waals surface area contributed by atoms with Crippen LogP contribution in [-0.4, -0.2) is 32.9 Å². The van der Waals surface area contributed by atoms with Gasteiger partial charge >= 0.3 is 0 Å². The number of guanidine groups is 1. The van der Waals surface area contributed by atoms with Crippen LogP contribution in [0.1, 0.15) is 38.7 Å². The maximum absolute atomic E-state index is 5.51. The first-order valence-electron chi connectivity index (χ1n) is 8.48. The van der Waals surface area contributed by atoms with Crippen molar-refractivity contribution in [1.29, 1.82) is 0 Å². The fourth-order valence-corrected chi connectivity index (χ4v) is 2.90. The van der Waals surface area contributed by atoms with Crippen LogP contribution >= 0.6 is 0 Å². The van der Waals surface area contributed by atoms with Gasteiger partial charge in [0.15, 0.2) is 17.5 Å². The van der Waals surface area contributed by atoms with E-state index in [1.54, 1.807) is 0 Å². The normalized spacial score (nSPS) is 18.2. The maximum atomic E-state index is 5.51. The molecule has 0 saturated heterocycles. The topological polar surface area (TPSA) is 54.9 Å². The highest BCUT2D eigenvalue weighted by molar-refractivity contribution is 5.79. The summed E-state index contributed by atoms with van der Waals surface area (Å²) in [6.45, 7) is 6.65. The third-order valence-electron chi connectivity index (χ3n) is 4.67. The van der Waals surface area contributed by atoms with Gasteiger partial charge in [0.2, 0.25) is 6.79 Å². The second kappa shape index (κ2) is 6.69. The molecule has 1 aliphatic heterocycles. The van der Waals surface area contributed by atoms with Crippen LogP contribution in [0, 0.1) is 5.92 Å². The molecule has 1 aromatic rings. The summed E-state index contributed by atoms with van der Waals surface area (Å²) in [7, 11) is 1.82. The van der Waals surface area contributed by atoms with Gasteiger partial charge in [-0.2, -0.15) is 0 Å². The van der Waals surface area contributed by atoms with Gasteiger partial charge in [-0.15, -0.1) is 0 Å². The molecule has 0 spiro atoms. The van der Waals surface area contributed by atoms with Gasteiger partial charge in [0.1, 0.15) is 0 Å². The van der Waals surface area contributed by atoms with Crippen LogP contribution in [0.5, 0.6) is 11.5 Å². The van der Waals surface area contributed by atoms with E-state index >= 15 is 0 Å². The molecule has 5 heteroatoms. The van der Waals surface area contributed by atoms with Crippen LogP contribution < -0.4 is 20.1 Å². The average molecular weight is 317 g/mol. The Balaban J connectivity index is 1.56. The predicted molar refractivity (Wildman–Crippen MR) is 92.3 cm³/mol. The first-order valence-corrected chi connectivity index (χ1v) is 8.48. The minimum absolute atomic E-state index is 0.205. The fraction of sp³-hybridized carbons (Fsp3) is 0.611. The first-order chi connectivity index (χ1) is 11.1. The molecule has 2 aliphatic rings. The van der Waals surface area contributed by atoms with Gasteiger partial charge < -0.3 is 20.1 Å². The molecule has 1 fully saturated rings. The maximum Gasteiger partial charge on any atom is 0.231 e. The van der Waals surface area contributed by atoms with Crippen molar-refractivity contribution < 1.29 is 9.47 Å². The third-order valence-corrected chi connectivity index (χ3v) is 4.67. The van der Waals surface area contributed by atoms with Crippen molar-refractivity contribution >= 4 is 5.96 Å². The minimum atomic E-state index is 0.205. The number of ether oxygens (including phenoxy) is 2. The van der Waals surface area contributed by atoms with Crippen LogP contribution in [-0.2, 0) is 5.41 Å². The Bertz CT molecular complexity index is 580. The lowest BCUT2D eigenvalue weighted by molar-refractivity contribution is 0.174. The Hall–Kier alpha value is -1.91. The van der Waals surface area contributed by atoms with E-state index in [1.807, 2.05) is 13.1 Å². The van der Waals surface area contributed by atoms with Gasteiger partial charge in [-0.1, -0.05) is 19.9 Å². The molecule has 0 radical (unpaired) electrons. The number of rotatable bonds is 6. The predicted octanol–water partition coefficient (Wildman–Crippen LogP) is 2.66. The SMILES string of the molecule is CN=C(NCCC(C)C)NCC1(c2ccc3c(c2)OCO3)CC1. The summed E-state index contributed by atoms with van der Waals surface area (Å²) >= 11 is 0. The Morgan fingerprint density at radius 1 is 1.22 bits per heavy atom. The molecule has 3 rings (SSSR count). The van der Waals surface area contributed by atoms with E-state index in [9.17, 15) is 0 Å². The van der Waals surface area contributed by atoms with E-state index in [0.29, 0.717) is 12.7 Å². The Labute approximate surface area is 138 Å². The van der Waals surface area contributed by atoms with Crippen molar-refractivity contribution in [1.82, 2.24) is 10.6 Å². The molecule has 1 heterocycles. The average Bonchev–Trinajstić information content (AvgIpc) is 3.18. The van der Waals surface area contributed by atoms with Crippen molar-refractivity contribution in [3.63, 3.8) is 0 Å². The van der Waals surface area contributed by atoms with Crippen LogP contribution in [0.3, 0.4) is 0 Å². The number of hydrogen-bond acceptors (Lipinski definition) is 3. The zero-order valence-corrected chi connectivity index (χ0v) is 14.3. The summed E-state index contributed by atoms with van der Waals surface area (Å²) in [4.78, 5) is 4.32. The fourth-order valence-electron chi connectivity index (χ4n) is 2.90. The summed E-state index contributed by atoms with van der Waals surface area (Å²) in [5.41, 5.74) is 1.53. The molecule has 0 aromatic heterocycles. The standard InChI is InChI=1S/C18H27N3O2/c1-13(2)6-9-20-17(19-3)21-11-18(7-8-18)14-4-5-15-16(10-14)23-12-22-15/h4-5,10,13H,6-9,11-12H2,1-3H3,(H2,19,20,21). The van der Waals surface area contributed by atoms with Crippen LogP contribution in [0.15, 0.2) is 23.2 Å². The number of hydrogen-bond donors (Lipinski definition) is 2. The molecule has 2 N–H and O–H groups in total. The Morgan fingerprint density at radius 2 is 2.00 bits per heavy atom. The molecule has 1 saturated carbocycles. The van der Waals surface area contributed by atoms with Crippen LogP contribution in [0.4, 0.5) is 0 Å². The molecule has 0 amide bonds. The van der Waals surface area contributed by atoms with Crippen molar-refractivity contribution in [2.24, 2.45) is 10.9 Å². The molecule has 1 aliphatic carbocycles. The third kappa shape index (κ3) is 3.71. The van der Waals surface area contributed by atoms with E-state index < -0.39 is 0 Å². The lowest BCUT2D eigenvalue weighted by Gasteiger charge is -2.19. The van der Waals surface area contributed by atoms with E-state index in [2.05, 4.69) is 41.6 Å². The van der Waals surface area contributed by atoms with E-state index in [4.69, 9.17) is 9.47 Å². The lowest BCUT2D eigenvalue weighted by atomic mass is 9.95. The Kier molecular flexibility index (Phi) is 4.64. The monoisotopic (exact) mass is 317 g/mol. The molecular weight excluding hydrogens is 290 g/mol. The van der Waals surface area contributed by atoms with Gasteiger partial charge in [-0.25, -0.2) is 0 Å². The van der Waals surface area contributed by atoms with Gasteiger partial charge in [0, 0.05) is 25.6 Å². The highest BCUT2D eigenvalue weighted by atomic mass is 16.7. The Morgan fingerprint density at radius 3 is 2.70 bits per heavy atom. The number of nitrogens with zero attached hydrogens (tertiary/aromatic N) is 1. The zero-order valence-electron chi connectivity index (χ0n) is 14.3. The zero-order chi connectivity index (χ0) is 16.3. The lowest BCUT2D eigenvalue weighted by Crippen LogP contribution is -2.41. The molecule has 1 aromatic carbocycles. The van der Waals surface area contributed by atoms with Crippen molar-refractivity contribution in [2.75, 3.05) is 26.9 Å². The molecule has 0 bridgehead atoms. The van der Waals surface area contributed by atoms with Crippen LogP contribution in [0.25, 0.3) is 0 Å². The van der Waals surface area contributed by atoms with Crippen LogP contribution in [0.2, 0.25) is 0 Å². The molecule has 0 atom stereocenters. The van der Waals surface area contributed by atoms with E-state index in [1.165, 1.54) is 18.4 Å². The molecule has 23 heavy (non-hydrogen) atoms. The second-order valence-corrected chi connectivity index (χ2v) is 6.88. The van der Waals surface area contributed by atoms with E-state index in [0.717, 1.165) is 37.0 Å². The summed E-state index contributed by atoms with van der Waals surface area (Å²) in [6.07, 6.45) is 3.54. The van der Waals surface area contributed by atoms with Crippen molar-refractivity contribution in [3.05, 3.63) is 23.8 Å². The van der Waals surface area contributed by atoms with E-state index in [-0.39, 0.29) is 5.41 Å². The molecule has 5 nitrogen and oxygen atoms in total. The number of nitrogens with one attached hydrogen (secondary N) is 2. The quantitative estimate of drug-likeness (QED) is 0.626. The highest BCUT2D eigenvalue weighted by Crippen LogP contribution is 2.49. The summed E-state index contributed by atoms with van der Waals surface area (Å²) in [5.74, 6) is 3.30. The highest BCUT2D eigenvalue weighted by Gasteiger charge is 2.44. The summed E-state index contributed by atoms with van der Waals surface area (Å²) in [5, 5.41) is 6.87. The largest absolute Gasteiger partial charge is 0.454 e. The summed E-state index contributed by atoms with van der Waals surface area (Å²) < 4.78 is 10.9. The van der Waals surface area contributed by atoms with Crippen molar-refractivity contribution in [3.8, 4) is 11.5 Å². The molecule has 0 unspecified atom stereocenters. The van der Waals surface area contributed by atoms with Gasteiger partial charge in [-0.05, 0) is 42.9 Å². The van der Waals surface area contributed by atoms with Gasteiger partial charge in [0.05, 0.1) is 0 Å². The molecular formula is C18H27N3O2. The number of aliphatic imine (C=N–C) groups is 1. The first kappa shape index (κ1) is 16.0. The minimum Gasteiger partial charge on any atom is -0.454 e. The smallest absolute Gasteiger partial charge is 0.231 e. The summed E-state index contributed by atoms with van der Waals surface area (Å²) in [6, 6.07) is 6.32. The second-order valence-electron chi connectivity index (χ2n) is 6.88. The van der Waals surface area contributed by atoms with Crippen molar-refractivity contribution in [2.45, 2.75) is 38.5 Å². The molecule has 126 valence electrons. The van der Waals surface area contributed by atoms with Gasteiger partial charge in [0.25, 0.3) is 0 Å². The number of benzene rings is 1. The van der Waals surface area contributed by atoms with Gasteiger partial charge in [-0.3, -0.25) is 4.99 Å². The number of fused-ring (bicyclic) bond motifs is 1.